The van der Waals surface area contributed by atoms with E-state index >= 15 is 0 Å². The molecule has 5 rings (SSSR count). The normalized spacial score (nSPS) is 11.4. The minimum atomic E-state index is -3.65. The SMILES string of the molecule is CCOC(=O)COCCOc1cc(Nc2cc(Oc3ccc(NC(=O)Nc4cc(C(C)(C)C)cc(NS(C)(=O)=O)c4OC)c4ccccc34)ccn2)cc(OC)c1. The number of amides is 2. The van der Waals surface area contributed by atoms with Crippen molar-refractivity contribution in [1.82, 2.24) is 4.98 Å². The van der Waals surface area contributed by atoms with Crippen LogP contribution in [0.3, 0.4) is 0 Å². The van der Waals surface area contributed by atoms with Crippen LogP contribution >= 0.6 is 0 Å². The number of carbonyl (C=O) groups is 2. The van der Waals surface area contributed by atoms with E-state index in [1.165, 1.54) is 7.11 Å². The zero-order valence-electron chi connectivity index (χ0n) is 32.8. The minimum absolute atomic E-state index is 0.153. The number of nitrogens with one attached hydrogen (secondary N) is 4. The molecule has 0 aliphatic carbocycles. The fourth-order valence-electron chi connectivity index (χ4n) is 5.64. The van der Waals surface area contributed by atoms with Gasteiger partial charge < -0.3 is 44.4 Å². The molecule has 0 bridgehead atoms. The van der Waals surface area contributed by atoms with Crippen LogP contribution in [0.25, 0.3) is 10.8 Å². The van der Waals surface area contributed by atoms with Crippen LogP contribution in [0.4, 0.5) is 33.4 Å². The average Bonchev–Trinajstić information content (AvgIpc) is 3.14. The summed E-state index contributed by atoms with van der Waals surface area (Å²) in [5.41, 5.74) is 2.05. The van der Waals surface area contributed by atoms with Crippen LogP contribution in [0, 0.1) is 0 Å². The molecular formula is C41H47N5O10S. The van der Waals surface area contributed by atoms with Crippen molar-refractivity contribution in [2.75, 3.05) is 67.6 Å². The van der Waals surface area contributed by atoms with Crippen LogP contribution in [0.2, 0.25) is 0 Å². The fourth-order valence-corrected chi connectivity index (χ4v) is 6.19. The van der Waals surface area contributed by atoms with Crippen molar-refractivity contribution < 1.29 is 46.4 Å². The number of rotatable bonds is 17. The van der Waals surface area contributed by atoms with Crippen molar-refractivity contribution in [2.45, 2.75) is 33.1 Å². The molecule has 1 heterocycles. The highest BCUT2D eigenvalue weighted by atomic mass is 32.2. The van der Waals surface area contributed by atoms with Crippen molar-refractivity contribution in [3.05, 3.63) is 90.6 Å². The molecule has 1 aromatic heterocycles. The molecule has 5 aromatic rings. The Labute approximate surface area is 332 Å². The Morgan fingerprint density at radius 1 is 0.789 bits per heavy atom. The van der Waals surface area contributed by atoms with Gasteiger partial charge in [0.15, 0.2) is 5.75 Å². The molecule has 0 aliphatic rings. The summed E-state index contributed by atoms with van der Waals surface area (Å²) in [4.78, 5) is 29.4. The van der Waals surface area contributed by atoms with E-state index in [0.29, 0.717) is 45.6 Å². The standard InChI is InChI=1S/C41H47N5O10S/c1-8-54-38(47)25-53-17-18-55-30-22-27(21-29(23-30)51-5)43-37-24-28(15-16-42-37)56-36-14-13-33(31-11-9-10-12-32(31)36)44-40(48)45-34-19-26(41(2,3)4)20-35(39(34)52-6)46-57(7,49)50/h9-16,19-24,46H,8,17-18,25H2,1-7H3,(H,42,43)(H2,44,45,48). The van der Waals surface area contributed by atoms with Gasteiger partial charge in [0, 0.05) is 46.9 Å². The number of urea groups is 1. The largest absolute Gasteiger partial charge is 0.497 e. The Balaban J connectivity index is 1.31. The van der Waals surface area contributed by atoms with Gasteiger partial charge in [-0.3, -0.25) is 4.72 Å². The number of benzene rings is 4. The third kappa shape index (κ3) is 11.9. The highest BCUT2D eigenvalue weighted by Crippen LogP contribution is 2.40. The molecule has 0 spiro atoms. The topological polar surface area (TPSA) is 185 Å². The number of methoxy groups -OCH3 is 2. The summed E-state index contributed by atoms with van der Waals surface area (Å²) in [5, 5.41) is 10.4. The average molecular weight is 802 g/mol. The van der Waals surface area contributed by atoms with Crippen molar-refractivity contribution in [3.63, 3.8) is 0 Å². The van der Waals surface area contributed by atoms with Gasteiger partial charge in [0.25, 0.3) is 0 Å². The summed E-state index contributed by atoms with van der Waals surface area (Å²) >= 11 is 0. The molecule has 16 heteroatoms. The molecule has 0 unspecified atom stereocenters. The molecule has 0 saturated carbocycles. The lowest BCUT2D eigenvalue weighted by atomic mass is 9.86. The zero-order chi connectivity index (χ0) is 41.2. The lowest BCUT2D eigenvalue weighted by Crippen LogP contribution is -2.22. The van der Waals surface area contributed by atoms with Gasteiger partial charge in [-0.25, -0.2) is 23.0 Å². The molecule has 0 atom stereocenters. The van der Waals surface area contributed by atoms with Gasteiger partial charge in [-0.1, -0.05) is 45.0 Å². The van der Waals surface area contributed by atoms with Crippen molar-refractivity contribution >= 4 is 61.4 Å². The number of hydrogen-bond donors (Lipinski definition) is 4. The number of esters is 1. The molecule has 4 N–H and O–H groups in total. The summed E-state index contributed by atoms with van der Waals surface area (Å²) in [5.74, 6) is 2.32. The quantitative estimate of drug-likeness (QED) is 0.0525. The molecule has 302 valence electrons. The molecule has 0 fully saturated rings. The van der Waals surface area contributed by atoms with E-state index in [-0.39, 0.29) is 49.0 Å². The van der Waals surface area contributed by atoms with Crippen LogP contribution < -0.4 is 39.6 Å². The number of aromatic nitrogens is 1. The van der Waals surface area contributed by atoms with E-state index in [9.17, 15) is 18.0 Å². The molecule has 4 aromatic carbocycles. The molecular weight excluding hydrogens is 755 g/mol. The number of pyridine rings is 1. The van der Waals surface area contributed by atoms with Crippen molar-refractivity contribution in [2.24, 2.45) is 0 Å². The second kappa shape index (κ2) is 18.6. The van der Waals surface area contributed by atoms with Gasteiger partial charge in [-0.05, 0) is 48.2 Å². The highest BCUT2D eigenvalue weighted by Gasteiger charge is 2.23. The van der Waals surface area contributed by atoms with Crippen LogP contribution in [-0.2, 0) is 29.7 Å². The summed E-state index contributed by atoms with van der Waals surface area (Å²) in [7, 11) is -0.694. The molecule has 0 aliphatic heterocycles. The maximum absolute atomic E-state index is 13.5. The molecule has 0 saturated heterocycles. The van der Waals surface area contributed by atoms with E-state index in [1.54, 1.807) is 74.8 Å². The number of hydrogen-bond acceptors (Lipinski definition) is 12. The van der Waals surface area contributed by atoms with Gasteiger partial charge in [0.1, 0.15) is 42.0 Å². The summed E-state index contributed by atoms with van der Waals surface area (Å²) in [6.45, 7) is 8.19. The molecule has 0 radical (unpaired) electrons. The monoisotopic (exact) mass is 801 g/mol. The molecule has 57 heavy (non-hydrogen) atoms. The highest BCUT2D eigenvalue weighted by molar-refractivity contribution is 7.92. The Morgan fingerprint density at radius 2 is 1.51 bits per heavy atom. The van der Waals surface area contributed by atoms with Crippen molar-refractivity contribution in [3.8, 4) is 28.7 Å². The smallest absolute Gasteiger partial charge is 0.332 e. The number of sulfonamides is 1. The van der Waals surface area contributed by atoms with Crippen LogP contribution in [-0.4, -0.2) is 72.3 Å². The first-order chi connectivity index (χ1) is 27.1. The van der Waals surface area contributed by atoms with Gasteiger partial charge in [0.05, 0.1) is 50.8 Å². The number of carbonyl (C=O) groups excluding carboxylic acids is 2. The predicted octanol–water partition coefficient (Wildman–Crippen LogP) is 8.06. The van der Waals surface area contributed by atoms with Gasteiger partial charge in [0.2, 0.25) is 10.0 Å². The molecule has 15 nitrogen and oxygen atoms in total. The first kappa shape index (κ1) is 41.9. The second-order valence-corrected chi connectivity index (χ2v) is 15.4. The van der Waals surface area contributed by atoms with E-state index in [0.717, 1.165) is 17.2 Å². The van der Waals surface area contributed by atoms with E-state index in [1.807, 2.05) is 45.0 Å². The molecule has 2 amide bonds. The maximum atomic E-state index is 13.5. The zero-order valence-corrected chi connectivity index (χ0v) is 33.7. The summed E-state index contributed by atoms with van der Waals surface area (Å²) in [6, 6.07) is 22.6. The number of nitrogens with zero attached hydrogens (tertiary/aromatic N) is 1. The first-order valence-corrected chi connectivity index (χ1v) is 19.8. The van der Waals surface area contributed by atoms with E-state index < -0.39 is 22.0 Å². The van der Waals surface area contributed by atoms with E-state index in [2.05, 4.69) is 25.7 Å². The van der Waals surface area contributed by atoms with Crippen LogP contribution in [0.5, 0.6) is 28.7 Å². The number of anilines is 5. The van der Waals surface area contributed by atoms with Crippen LogP contribution in [0.1, 0.15) is 33.3 Å². The number of fused-ring (bicyclic) bond motifs is 1. The van der Waals surface area contributed by atoms with Crippen molar-refractivity contribution in [1.29, 1.82) is 0 Å². The van der Waals surface area contributed by atoms with Gasteiger partial charge >= 0.3 is 12.0 Å². The Morgan fingerprint density at radius 3 is 2.21 bits per heavy atom. The van der Waals surface area contributed by atoms with Gasteiger partial charge in [-0.2, -0.15) is 0 Å². The Hall–Kier alpha value is -6.26. The number of ether oxygens (including phenoxy) is 6. The first-order valence-electron chi connectivity index (χ1n) is 17.9. The fraction of sp³-hybridized carbons (Fsp3) is 0.293. The van der Waals surface area contributed by atoms with Gasteiger partial charge in [-0.15, -0.1) is 0 Å². The summed E-state index contributed by atoms with van der Waals surface area (Å²) in [6.07, 6.45) is 2.66. The van der Waals surface area contributed by atoms with E-state index in [4.69, 9.17) is 28.4 Å². The third-order valence-electron chi connectivity index (χ3n) is 8.20. The lowest BCUT2D eigenvalue weighted by Gasteiger charge is -2.24. The lowest BCUT2D eigenvalue weighted by molar-refractivity contribution is -0.148. The minimum Gasteiger partial charge on any atom is -0.497 e. The maximum Gasteiger partial charge on any atom is 0.332 e. The Bertz CT molecular complexity index is 2330. The summed E-state index contributed by atoms with van der Waals surface area (Å²) < 4.78 is 60.2. The Kier molecular flexibility index (Phi) is 13.7. The van der Waals surface area contributed by atoms with Crippen LogP contribution in [0.15, 0.2) is 85.1 Å². The second-order valence-electron chi connectivity index (χ2n) is 13.7. The predicted molar refractivity (Wildman–Crippen MR) is 220 cm³/mol. The third-order valence-corrected chi connectivity index (χ3v) is 8.79.